The van der Waals surface area contributed by atoms with Crippen molar-refractivity contribution in [3.8, 4) is 11.1 Å². The molecule has 0 amide bonds. The van der Waals surface area contributed by atoms with Gasteiger partial charge in [-0.1, -0.05) is 42.0 Å². The van der Waals surface area contributed by atoms with Gasteiger partial charge in [0.05, 0.1) is 6.42 Å². The molecule has 2 rings (SSSR count). The maximum atomic E-state index is 10.9. The Balaban J connectivity index is 2.54. The van der Waals surface area contributed by atoms with E-state index in [9.17, 15) is 4.79 Å². The fraction of sp³-hybridized carbons (Fsp3) is 0.133. The number of rotatable bonds is 3. The van der Waals surface area contributed by atoms with Gasteiger partial charge in [-0.15, -0.1) is 0 Å². The van der Waals surface area contributed by atoms with Crippen molar-refractivity contribution in [2.75, 3.05) is 5.73 Å². The Morgan fingerprint density at radius 1 is 1.17 bits per heavy atom. The third-order valence-corrected chi connectivity index (χ3v) is 2.86. The highest BCUT2D eigenvalue weighted by atomic mass is 16.4. The SMILES string of the molecule is Cc1ccc(-c2c(N)cccc2CC(=O)O)cc1. The smallest absolute Gasteiger partial charge is 0.307 e. The number of aliphatic carboxylic acids is 1. The van der Waals surface area contributed by atoms with E-state index < -0.39 is 5.97 Å². The first kappa shape index (κ1) is 12.2. The number of benzene rings is 2. The third-order valence-electron chi connectivity index (χ3n) is 2.86. The summed E-state index contributed by atoms with van der Waals surface area (Å²) < 4.78 is 0. The van der Waals surface area contributed by atoms with E-state index in [1.54, 1.807) is 18.2 Å². The Morgan fingerprint density at radius 3 is 2.44 bits per heavy atom. The molecule has 92 valence electrons. The second-order valence-corrected chi connectivity index (χ2v) is 4.32. The Hall–Kier alpha value is -2.29. The van der Waals surface area contributed by atoms with E-state index >= 15 is 0 Å². The van der Waals surface area contributed by atoms with Gasteiger partial charge in [0, 0.05) is 11.3 Å². The summed E-state index contributed by atoms with van der Waals surface area (Å²) in [5.41, 5.74) is 10.3. The summed E-state index contributed by atoms with van der Waals surface area (Å²) in [5, 5.41) is 8.93. The zero-order valence-corrected chi connectivity index (χ0v) is 10.2. The normalized spacial score (nSPS) is 10.3. The average molecular weight is 241 g/mol. The van der Waals surface area contributed by atoms with Gasteiger partial charge in [0.25, 0.3) is 0 Å². The van der Waals surface area contributed by atoms with Crippen LogP contribution in [-0.2, 0) is 11.2 Å². The van der Waals surface area contributed by atoms with Gasteiger partial charge in [-0.2, -0.15) is 0 Å². The van der Waals surface area contributed by atoms with Gasteiger partial charge in [-0.3, -0.25) is 4.79 Å². The van der Waals surface area contributed by atoms with E-state index in [2.05, 4.69) is 0 Å². The number of carboxylic acids is 1. The summed E-state index contributed by atoms with van der Waals surface area (Å²) in [4.78, 5) is 10.9. The monoisotopic (exact) mass is 241 g/mol. The predicted molar refractivity (Wildman–Crippen MR) is 72.4 cm³/mol. The Morgan fingerprint density at radius 2 is 1.83 bits per heavy atom. The second kappa shape index (κ2) is 4.92. The molecule has 0 bridgehead atoms. The third kappa shape index (κ3) is 2.51. The summed E-state index contributed by atoms with van der Waals surface area (Å²) in [6, 6.07) is 13.3. The van der Waals surface area contributed by atoms with Crippen molar-refractivity contribution in [1.82, 2.24) is 0 Å². The lowest BCUT2D eigenvalue weighted by atomic mass is 9.95. The van der Waals surface area contributed by atoms with Crippen molar-refractivity contribution in [2.45, 2.75) is 13.3 Å². The summed E-state index contributed by atoms with van der Waals surface area (Å²) in [7, 11) is 0. The lowest BCUT2D eigenvalue weighted by Gasteiger charge is -2.11. The van der Waals surface area contributed by atoms with Crippen LogP contribution >= 0.6 is 0 Å². The van der Waals surface area contributed by atoms with Crippen LogP contribution in [-0.4, -0.2) is 11.1 Å². The van der Waals surface area contributed by atoms with Crippen molar-refractivity contribution >= 4 is 11.7 Å². The fourth-order valence-electron chi connectivity index (χ4n) is 2.00. The summed E-state index contributed by atoms with van der Waals surface area (Å²) in [5.74, 6) is -0.853. The molecule has 0 atom stereocenters. The van der Waals surface area contributed by atoms with Crippen LogP contribution < -0.4 is 5.73 Å². The van der Waals surface area contributed by atoms with E-state index in [1.807, 2.05) is 31.2 Å². The molecule has 0 aromatic heterocycles. The Labute approximate surface area is 106 Å². The molecule has 3 heteroatoms. The molecule has 0 heterocycles. The van der Waals surface area contributed by atoms with Crippen LogP contribution in [0.25, 0.3) is 11.1 Å². The number of hydrogen-bond donors (Lipinski definition) is 2. The first-order chi connectivity index (χ1) is 8.58. The van der Waals surface area contributed by atoms with Crippen molar-refractivity contribution in [2.24, 2.45) is 0 Å². The van der Waals surface area contributed by atoms with Crippen LogP contribution in [0.2, 0.25) is 0 Å². The Bertz CT molecular complexity index is 574. The van der Waals surface area contributed by atoms with Crippen molar-refractivity contribution in [1.29, 1.82) is 0 Å². The fourth-order valence-corrected chi connectivity index (χ4v) is 2.00. The molecule has 0 aliphatic rings. The first-order valence-electron chi connectivity index (χ1n) is 5.74. The molecule has 3 nitrogen and oxygen atoms in total. The topological polar surface area (TPSA) is 63.3 Å². The first-order valence-corrected chi connectivity index (χ1v) is 5.74. The van der Waals surface area contributed by atoms with Gasteiger partial charge >= 0.3 is 5.97 Å². The summed E-state index contributed by atoms with van der Waals surface area (Å²) >= 11 is 0. The van der Waals surface area contributed by atoms with Gasteiger partial charge in [0.1, 0.15) is 0 Å². The van der Waals surface area contributed by atoms with Crippen LogP contribution in [0.3, 0.4) is 0 Å². The van der Waals surface area contributed by atoms with E-state index in [0.29, 0.717) is 5.69 Å². The Kier molecular flexibility index (Phi) is 3.33. The number of hydrogen-bond acceptors (Lipinski definition) is 2. The van der Waals surface area contributed by atoms with E-state index in [-0.39, 0.29) is 6.42 Å². The number of nitrogen functional groups attached to an aromatic ring is 1. The molecule has 18 heavy (non-hydrogen) atoms. The molecular weight excluding hydrogens is 226 g/mol. The van der Waals surface area contributed by atoms with Crippen LogP contribution in [0.15, 0.2) is 42.5 Å². The van der Waals surface area contributed by atoms with Crippen molar-refractivity contribution in [3.05, 3.63) is 53.6 Å². The highest BCUT2D eigenvalue weighted by Crippen LogP contribution is 2.30. The molecular formula is C15H15NO2. The molecule has 0 saturated heterocycles. The van der Waals surface area contributed by atoms with Crippen LogP contribution in [0.4, 0.5) is 5.69 Å². The number of carbonyl (C=O) groups is 1. The van der Waals surface area contributed by atoms with Crippen LogP contribution in [0.1, 0.15) is 11.1 Å². The van der Waals surface area contributed by atoms with Crippen molar-refractivity contribution in [3.63, 3.8) is 0 Å². The molecule has 0 aliphatic carbocycles. The van der Waals surface area contributed by atoms with Crippen LogP contribution in [0, 0.1) is 6.92 Å². The predicted octanol–water partition coefficient (Wildman–Crippen LogP) is 2.87. The molecule has 0 spiro atoms. The van der Waals surface area contributed by atoms with Crippen LogP contribution in [0.5, 0.6) is 0 Å². The highest BCUT2D eigenvalue weighted by Gasteiger charge is 2.11. The lowest BCUT2D eigenvalue weighted by Crippen LogP contribution is -2.03. The summed E-state index contributed by atoms with van der Waals surface area (Å²) in [6.45, 7) is 2.01. The second-order valence-electron chi connectivity index (χ2n) is 4.32. The minimum atomic E-state index is -0.853. The van der Waals surface area contributed by atoms with Gasteiger partial charge in [0.2, 0.25) is 0 Å². The summed E-state index contributed by atoms with van der Waals surface area (Å²) in [6.07, 6.45) is -0.0196. The molecule has 0 saturated carbocycles. The molecule has 0 unspecified atom stereocenters. The number of nitrogens with two attached hydrogens (primary N) is 1. The number of aryl methyl sites for hydroxylation is 1. The largest absolute Gasteiger partial charge is 0.481 e. The number of anilines is 1. The maximum absolute atomic E-state index is 10.9. The molecule has 0 fully saturated rings. The van der Waals surface area contributed by atoms with E-state index in [1.165, 1.54) is 0 Å². The van der Waals surface area contributed by atoms with Gasteiger partial charge in [-0.05, 0) is 24.1 Å². The zero-order valence-electron chi connectivity index (χ0n) is 10.2. The van der Waals surface area contributed by atoms with E-state index in [0.717, 1.165) is 22.3 Å². The van der Waals surface area contributed by atoms with Gasteiger partial charge in [-0.25, -0.2) is 0 Å². The minimum Gasteiger partial charge on any atom is -0.481 e. The molecule has 2 aromatic rings. The number of carboxylic acid groups (broad SMARTS) is 1. The molecule has 0 radical (unpaired) electrons. The standard InChI is InChI=1S/C15H15NO2/c1-10-5-7-11(8-6-10)15-12(9-14(17)18)3-2-4-13(15)16/h2-8H,9,16H2,1H3,(H,17,18). The average Bonchev–Trinajstić information content (AvgIpc) is 2.30. The zero-order chi connectivity index (χ0) is 13.1. The maximum Gasteiger partial charge on any atom is 0.307 e. The quantitative estimate of drug-likeness (QED) is 0.812. The van der Waals surface area contributed by atoms with E-state index in [4.69, 9.17) is 10.8 Å². The molecule has 0 aliphatic heterocycles. The highest BCUT2D eigenvalue weighted by molar-refractivity contribution is 5.83. The lowest BCUT2D eigenvalue weighted by molar-refractivity contribution is -0.136. The van der Waals surface area contributed by atoms with Gasteiger partial charge < -0.3 is 10.8 Å². The van der Waals surface area contributed by atoms with Gasteiger partial charge in [0.15, 0.2) is 0 Å². The van der Waals surface area contributed by atoms with Crippen molar-refractivity contribution < 1.29 is 9.90 Å². The molecule has 2 aromatic carbocycles. The molecule has 3 N–H and O–H groups in total. The minimum absolute atomic E-state index is 0.0196.